The van der Waals surface area contributed by atoms with Crippen molar-refractivity contribution in [3.8, 4) is 0 Å². The van der Waals surface area contributed by atoms with Crippen LogP contribution in [0.15, 0.2) is 75.9 Å². The molecule has 3 amide bonds. The number of imidazole rings is 1. The van der Waals surface area contributed by atoms with Crippen molar-refractivity contribution in [1.29, 1.82) is 0 Å². The zero-order valence-electron chi connectivity index (χ0n) is 46.1. The number of aromatic nitrogens is 3. The van der Waals surface area contributed by atoms with Gasteiger partial charge in [0, 0.05) is 83.4 Å². The number of carboxylic acid groups (broad SMARTS) is 1. The van der Waals surface area contributed by atoms with Gasteiger partial charge < -0.3 is 69.9 Å². The summed E-state index contributed by atoms with van der Waals surface area (Å²) in [5.74, 6) is -0.171. The monoisotopic (exact) mass is 1330 g/mol. The van der Waals surface area contributed by atoms with Crippen molar-refractivity contribution in [3.63, 3.8) is 0 Å². The molecule has 0 saturated carbocycles. The summed E-state index contributed by atoms with van der Waals surface area (Å²) in [7, 11) is -10.8. The Hall–Kier alpha value is -3.87. The third kappa shape index (κ3) is 17.6. The summed E-state index contributed by atoms with van der Waals surface area (Å²) < 4.78 is 30.7. The van der Waals surface area contributed by atoms with E-state index in [1.807, 2.05) is 43.2 Å². The van der Waals surface area contributed by atoms with Crippen LogP contribution in [-0.4, -0.2) is 149 Å². The summed E-state index contributed by atoms with van der Waals surface area (Å²) in [6.07, 6.45) is 16.1. The summed E-state index contributed by atoms with van der Waals surface area (Å²) in [6.45, 7) is 7.73. The van der Waals surface area contributed by atoms with Crippen molar-refractivity contribution in [3.05, 3.63) is 103 Å². The number of aliphatic hydroxyl groups is 4. The predicted molar refractivity (Wildman–Crippen MR) is 311 cm³/mol. The van der Waals surface area contributed by atoms with Crippen LogP contribution >= 0.6 is 58.7 Å². The molecule has 2 aromatic heterocycles. The number of hydrogen-bond donors (Lipinski definition) is 10. The van der Waals surface area contributed by atoms with Gasteiger partial charge in [0.1, 0.15) is 6.10 Å². The SMILES string of the molecule is CC[C@H](C)C(=O)O[C@H]1C[C@H](O)C=C2C=C[C@H](C)[C@H](CC[C@@H](O)C[C@@H](O)CC(=O)O)[C@H]21.NC(=O)N1CCC(CC(=O)N2CCC([C@H]3c4ncc(Br)cc4CCc4cc(Cl)cc(Br)c43)CC2)CC1.O=P(O)(O)C(O)(Cn1ccnc1)P(=O)(O)O. The smallest absolute Gasteiger partial charge is 0.371 e. The summed E-state index contributed by atoms with van der Waals surface area (Å²) in [5.41, 5.74) is 11.4. The number of likely N-dealkylation sites (tertiary alicyclic amines) is 2. The topological polar surface area (TPSA) is 357 Å². The minimum Gasteiger partial charge on any atom is -0.481 e. The number of nitrogens with two attached hydrogens (primary N) is 1. The molecule has 0 bridgehead atoms. The lowest BCUT2D eigenvalue weighted by Crippen LogP contribution is -2.44. The number of halogens is 3. The third-order valence-electron chi connectivity index (χ3n) is 16.5. The minimum atomic E-state index is -5.41. The van der Waals surface area contributed by atoms with Crippen LogP contribution < -0.4 is 5.73 Å². The molecule has 9 atom stereocenters. The number of carboxylic acids is 1. The Kier molecular flexibility index (Phi) is 24.2. The van der Waals surface area contributed by atoms with E-state index >= 15 is 0 Å². The Morgan fingerprint density at radius 2 is 1.60 bits per heavy atom. The number of esters is 1. The van der Waals surface area contributed by atoms with Gasteiger partial charge in [-0.3, -0.25) is 28.5 Å². The molecule has 8 rings (SSSR count). The van der Waals surface area contributed by atoms with Crippen molar-refractivity contribution < 1.29 is 78.2 Å². The number of aliphatic hydroxyl groups excluding tert-OH is 3. The van der Waals surface area contributed by atoms with E-state index in [0.29, 0.717) is 57.0 Å². The van der Waals surface area contributed by atoms with Crippen LogP contribution in [-0.2, 0) is 47.6 Å². The van der Waals surface area contributed by atoms with Crippen LogP contribution in [0.5, 0.6) is 0 Å². The van der Waals surface area contributed by atoms with Gasteiger partial charge in [-0.2, -0.15) is 0 Å². The molecule has 454 valence electrons. The number of carbonyl (C=O) groups is 4. The fraction of sp³-hybridized carbons (Fsp3) is 0.600. The van der Waals surface area contributed by atoms with E-state index in [4.69, 9.17) is 51.7 Å². The number of hydrogen-bond acceptors (Lipinski definition) is 13. The second kappa shape index (κ2) is 29.5. The Bertz CT molecular complexity index is 2840. The number of benzene rings is 1. The van der Waals surface area contributed by atoms with Gasteiger partial charge in [0.05, 0.1) is 49.2 Å². The maximum absolute atomic E-state index is 13.1. The Morgan fingerprint density at radius 1 is 0.951 bits per heavy atom. The number of aliphatic carboxylic acids is 1. The normalized spacial score (nSPS) is 23.4. The second-order valence-corrected chi connectivity index (χ2v) is 28.5. The number of pyridine rings is 1. The van der Waals surface area contributed by atoms with Gasteiger partial charge in [0.2, 0.25) is 5.91 Å². The summed E-state index contributed by atoms with van der Waals surface area (Å²) >= 11 is 13.9. The highest BCUT2D eigenvalue weighted by Gasteiger charge is 2.59. The van der Waals surface area contributed by atoms with Crippen LogP contribution in [0.3, 0.4) is 0 Å². The van der Waals surface area contributed by atoms with E-state index < -0.39 is 57.2 Å². The molecule has 27 heteroatoms. The lowest BCUT2D eigenvalue weighted by atomic mass is 9.66. The number of rotatable bonds is 17. The van der Waals surface area contributed by atoms with E-state index in [9.17, 15) is 48.7 Å². The minimum absolute atomic E-state index is 0.0156. The fourth-order valence-corrected chi connectivity index (χ4v) is 15.3. The number of urea groups is 1. The van der Waals surface area contributed by atoms with Crippen molar-refractivity contribution in [2.75, 3.05) is 26.2 Å². The van der Waals surface area contributed by atoms with Crippen molar-refractivity contribution in [2.45, 2.75) is 146 Å². The maximum atomic E-state index is 13.1. The molecule has 22 nitrogen and oxygen atoms in total. The van der Waals surface area contributed by atoms with Crippen LogP contribution in [0.2, 0.25) is 5.02 Å². The number of carbonyl (C=O) groups excluding carboxylic acids is 3. The summed E-state index contributed by atoms with van der Waals surface area (Å²) in [5, 5.41) is 45.9. The zero-order valence-corrected chi connectivity index (χ0v) is 51.8. The van der Waals surface area contributed by atoms with Gasteiger partial charge in [-0.1, -0.05) is 66.5 Å². The molecule has 82 heavy (non-hydrogen) atoms. The molecule has 0 spiro atoms. The van der Waals surface area contributed by atoms with Gasteiger partial charge in [0.25, 0.3) is 5.08 Å². The highest BCUT2D eigenvalue weighted by Crippen LogP contribution is 2.68. The van der Waals surface area contributed by atoms with Crippen LogP contribution in [0.1, 0.15) is 120 Å². The molecule has 0 unspecified atom stereocenters. The fourth-order valence-electron chi connectivity index (χ4n) is 11.7. The highest BCUT2D eigenvalue weighted by molar-refractivity contribution is 9.10. The van der Waals surface area contributed by atoms with Gasteiger partial charge in [-0.05, 0) is 144 Å². The quantitative estimate of drug-likeness (QED) is 0.0470. The van der Waals surface area contributed by atoms with E-state index in [2.05, 4.69) is 62.0 Å². The summed E-state index contributed by atoms with van der Waals surface area (Å²) in [4.78, 5) is 95.0. The molecular weight excluding hydrogens is 1260 g/mol. The Labute approximate surface area is 499 Å². The Balaban J connectivity index is 0.000000212. The van der Waals surface area contributed by atoms with E-state index in [1.54, 1.807) is 4.90 Å². The number of amides is 3. The molecule has 2 aliphatic heterocycles. The molecule has 3 aliphatic carbocycles. The van der Waals surface area contributed by atoms with Crippen molar-refractivity contribution in [1.82, 2.24) is 24.3 Å². The molecule has 4 heterocycles. The molecule has 0 radical (unpaired) electrons. The van der Waals surface area contributed by atoms with Crippen molar-refractivity contribution >= 4 is 82.5 Å². The number of fused-ring (bicyclic) bond motifs is 3. The lowest BCUT2D eigenvalue weighted by Gasteiger charge is -2.43. The number of nitrogens with zero attached hydrogens (tertiary/aromatic N) is 5. The summed E-state index contributed by atoms with van der Waals surface area (Å²) in [6, 6.07) is 5.95. The Morgan fingerprint density at radius 3 is 2.20 bits per heavy atom. The number of ether oxygens (including phenoxy) is 1. The maximum Gasteiger partial charge on any atom is 0.371 e. The zero-order chi connectivity index (χ0) is 60.4. The van der Waals surface area contributed by atoms with E-state index in [-0.39, 0.29) is 60.3 Å². The molecule has 2 fully saturated rings. The highest BCUT2D eigenvalue weighted by atomic mass is 79.9. The van der Waals surface area contributed by atoms with Crippen LogP contribution in [0.4, 0.5) is 4.79 Å². The van der Waals surface area contributed by atoms with Gasteiger partial charge in [0.15, 0.2) is 0 Å². The van der Waals surface area contributed by atoms with Crippen LogP contribution in [0.25, 0.3) is 0 Å². The number of aryl methyl sites for hydroxylation is 2. The average molecular weight is 1340 g/mol. The van der Waals surface area contributed by atoms with Gasteiger partial charge >= 0.3 is 33.2 Å². The first-order chi connectivity index (χ1) is 38.5. The largest absolute Gasteiger partial charge is 0.481 e. The standard InChI is InChI=1S/C27H31Br2ClN4O2.C23H36O7.C5H10N2O7P2/c28-20-12-19-2-1-18-13-21(30)14-22(29)24(18)25(26(19)32-15-20)17-5-9-33(10-6-17)23(35)11-16-3-7-34(8-4-16)27(31)36;1-4-13(2)23(29)30-20-11-17(25)9-15-6-5-14(3)19(22(15)20)8-7-16(24)10-18(26)12-21(27)28;8-5(15(9,10)11,16(12,13)14)3-7-2-1-6-4-7/h12-17,25H,1-11H2,(H2,31,36);5-6,9,13-14,16-20,22,24-26H,4,7-8,10-12H2,1-3H3,(H,27,28);1-2,4,8H,3H2,(H2,9,10,11)(H2,12,13,14)/t25-;13-,14-,16+,17+,18+,19-,20-,22-;/m10./s1. The first kappa shape index (κ1) is 67.3. The van der Waals surface area contributed by atoms with E-state index in [0.717, 1.165) is 87.7 Å². The molecule has 3 aromatic rings. The third-order valence-corrected chi connectivity index (χ3v) is 21.5. The number of allylic oxidation sites excluding steroid dienone is 2. The van der Waals surface area contributed by atoms with E-state index in [1.165, 1.54) is 29.1 Å². The van der Waals surface area contributed by atoms with Gasteiger partial charge in [-0.15, -0.1) is 0 Å². The lowest BCUT2D eigenvalue weighted by molar-refractivity contribution is -0.159. The average Bonchev–Trinajstić information content (AvgIpc) is 2.73. The number of piperidine rings is 2. The first-order valence-electron chi connectivity index (χ1n) is 27.6. The van der Waals surface area contributed by atoms with Gasteiger partial charge in [-0.25, -0.2) is 9.78 Å². The molecule has 2 saturated heterocycles. The number of primary amides is 1. The predicted octanol–water partition coefficient (Wildman–Crippen LogP) is 7.23. The molecular formula is C55H77Br2ClN6O16P2. The second-order valence-electron chi connectivity index (χ2n) is 22.3. The molecule has 5 aliphatic rings. The van der Waals surface area contributed by atoms with Crippen LogP contribution in [0, 0.1) is 35.5 Å². The molecule has 11 N–H and O–H groups in total. The van der Waals surface area contributed by atoms with Crippen molar-refractivity contribution in [2.24, 2.45) is 41.2 Å². The first-order valence-corrected chi connectivity index (χ1v) is 32.8. The molecule has 1 aromatic carbocycles.